The number of rotatable bonds is 7. The van der Waals surface area contributed by atoms with Gasteiger partial charge in [0.1, 0.15) is 16.5 Å². The molecule has 136 valence electrons. The standard InChI is InChI=1S/C19H14N2O5S/c1-24-16-10-12(6-7-15(16)25-9-8-20)11-17(18(22)23)27-19-21-13-4-2-3-5-14(13)26-19/h2-7,10-11H,9H2,1H3,(H,22,23)/b17-11+. The van der Waals surface area contributed by atoms with E-state index in [2.05, 4.69) is 4.98 Å². The molecule has 8 heteroatoms. The van der Waals surface area contributed by atoms with Crippen LogP contribution in [0.3, 0.4) is 0 Å². The lowest BCUT2D eigenvalue weighted by Gasteiger charge is -2.09. The van der Waals surface area contributed by atoms with Crippen molar-refractivity contribution in [3.8, 4) is 17.6 Å². The van der Waals surface area contributed by atoms with Gasteiger partial charge in [-0.1, -0.05) is 18.2 Å². The number of carbonyl (C=O) groups is 1. The molecule has 7 nitrogen and oxygen atoms in total. The summed E-state index contributed by atoms with van der Waals surface area (Å²) in [6.07, 6.45) is 1.48. The van der Waals surface area contributed by atoms with Gasteiger partial charge in [-0.3, -0.25) is 0 Å². The Labute approximate surface area is 158 Å². The minimum Gasteiger partial charge on any atom is -0.493 e. The highest BCUT2D eigenvalue weighted by Gasteiger charge is 2.15. The molecule has 0 bridgehead atoms. The average molecular weight is 382 g/mol. The lowest BCUT2D eigenvalue weighted by atomic mass is 10.2. The summed E-state index contributed by atoms with van der Waals surface area (Å²) in [6, 6.07) is 14.0. The highest BCUT2D eigenvalue weighted by molar-refractivity contribution is 8.03. The molecule has 0 spiro atoms. The van der Waals surface area contributed by atoms with E-state index in [1.165, 1.54) is 13.2 Å². The molecule has 3 rings (SSSR count). The summed E-state index contributed by atoms with van der Waals surface area (Å²) >= 11 is 0.918. The number of para-hydroxylation sites is 2. The third-order valence-corrected chi connectivity index (χ3v) is 4.32. The molecule has 0 atom stereocenters. The van der Waals surface area contributed by atoms with Crippen LogP contribution in [-0.2, 0) is 4.79 Å². The van der Waals surface area contributed by atoms with Crippen LogP contribution in [0.2, 0.25) is 0 Å². The van der Waals surface area contributed by atoms with Gasteiger partial charge in [-0.25, -0.2) is 9.78 Å². The first-order chi connectivity index (χ1) is 13.1. The molecular weight excluding hydrogens is 368 g/mol. The summed E-state index contributed by atoms with van der Waals surface area (Å²) in [6.45, 7) is -0.112. The number of hydrogen-bond acceptors (Lipinski definition) is 7. The summed E-state index contributed by atoms with van der Waals surface area (Å²) in [4.78, 5) is 15.9. The number of carboxylic acids is 1. The van der Waals surface area contributed by atoms with Gasteiger partial charge in [0.25, 0.3) is 5.22 Å². The van der Waals surface area contributed by atoms with Crippen molar-refractivity contribution in [2.75, 3.05) is 13.7 Å². The molecule has 0 fully saturated rings. The van der Waals surface area contributed by atoms with Crippen LogP contribution in [0.1, 0.15) is 5.56 Å². The summed E-state index contributed by atoms with van der Waals surface area (Å²) in [5, 5.41) is 18.4. The first-order valence-electron chi connectivity index (χ1n) is 7.77. The van der Waals surface area contributed by atoms with Gasteiger partial charge in [0.2, 0.25) is 0 Å². The van der Waals surface area contributed by atoms with E-state index in [0.717, 1.165) is 11.8 Å². The zero-order valence-electron chi connectivity index (χ0n) is 14.2. The van der Waals surface area contributed by atoms with E-state index in [9.17, 15) is 9.90 Å². The number of thioether (sulfide) groups is 1. The molecule has 0 aliphatic carbocycles. The fourth-order valence-electron chi connectivity index (χ4n) is 2.28. The Kier molecular flexibility index (Phi) is 5.64. The highest BCUT2D eigenvalue weighted by Crippen LogP contribution is 2.33. The minimum absolute atomic E-state index is 0.0364. The van der Waals surface area contributed by atoms with E-state index in [1.54, 1.807) is 30.3 Å². The molecule has 0 saturated heterocycles. The number of aromatic nitrogens is 1. The summed E-state index contributed by atoms with van der Waals surface area (Å²) in [7, 11) is 1.47. The van der Waals surface area contributed by atoms with Crippen molar-refractivity contribution in [3.63, 3.8) is 0 Å². The van der Waals surface area contributed by atoms with Crippen molar-refractivity contribution in [3.05, 3.63) is 52.9 Å². The van der Waals surface area contributed by atoms with Crippen molar-refractivity contribution in [2.24, 2.45) is 0 Å². The van der Waals surface area contributed by atoms with Crippen molar-refractivity contribution in [1.82, 2.24) is 4.98 Å². The Balaban J connectivity index is 1.89. The first-order valence-corrected chi connectivity index (χ1v) is 8.58. The van der Waals surface area contributed by atoms with Crippen LogP contribution in [0.5, 0.6) is 11.5 Å². The molecule has 0 amide bonds. The Morgan fingerprint density at radius 1 is 1.33 bits per heavy atom. The second kappa shape index (κ2) is 8.29. The predicted molar refractivity (Wildman–Crippen MR) is 99.6 cm³/mol. The van der Waals surface area contributed by atoms with E-state index in [0.29, 0.717) is 28.2 Å². The maximum absolute atomic E-state index is 11.6. The molecule has 0 aliphatic heterocycles. The molecule has 0 unspecified atom stereocenters. The van der Waals surface area contributed by atoms with Gasteiger partial charge in [0.05, 0.1) is 7.11 Å². The molecule has 1 aromatic heterocycles. The molecule has 1 N–H and O–H groups in total. The fourth-order valence-corrected chi connectivity index (χ4v) is 3.02. The number of hydrogen-bond donors (Lipinski definition) is 1. The molecule has 1 heterocycles. The Hall–Kier alpha value is -3.44. The number of nitriles is 1. The average Bonchev–Trinajstić information content (AvgIpc) is 3.08. The van der Waals surface area contributed by atoms with Gasteiger partial charge in [-0.05, 0) is 47.7 Å². The molecule has 0 aliphatic rings. The number of carboxylic acid groups (broad SMARTS) is 1. The quantitative estimate of drug-likeness (QED) is 0.483. The second-order valence-electron chi connectivity index (χ2n) is 5.22. The fraction of sp³-hybridized carbons (Fsp3) is 0.105. The number of benzene rings is 2. The monoisotopic (exact) mass is 382 g/mol. The van der Waals surface area contributed by atoms with Crippen LogP contribution in [0.4, 0.5) is 0 Å². The number of methoxy groups -OCH3 is 1. The van der Waals surface area contributed by atoms with Gasteiger partial charge >= 0.3 is 5.97 Å². The normalized spacial score (nSPS) is 11.2. The molecule has 2 aromatic carbocycles. The highest BCUT2D eigenvalue weighted by atomic mass is 32.2. The SMILES string of the molecule is COc1cc(/C=C(/Sc2nc3ccccc3o2)C(=O)O)ccc1OCC#N. The summed E-state index contributed by atoms with van der Waals surface area (Å²) in [5.41, 5.74) is 1.84. The van der Waals surface area contributed by atoms with Gasteiger partial charge in [-0.2, -0.15) is 5.26 Å². The predicted octanol–water partition coefficient (Wildman–Crippen LogP) is 3.96. The summed E-state index contributed by atoms with van der Waals surface area (Å²) in [5.74, 6) is -0.304. The molecular formula is C19H14N2O5S. The van der Waals surface area contributed by atoms with E-state index in [-0.39, 0.29) is 16.7 Å². The van der Waals surface area contributed by atoms with E-state index in [4.69, 9.17) is 19.2 Å². The van der Waals surface area contributed by atoms with Crippen molar-refractivity contribution in [1.29, 1.82) is 5.26 Å². The zero-order valence-corrected chi connectivity index (χ0v) is 15.0. The van der Waals surface area contributed by atoms with Gasteiger partial charge in [0, 0.05) is 0 Å². The number of oxazole rings is 1. The van der Waals surface area contributed by atoms with Crippen molar-refractivity contribution in [2.45, 2.75) is 5.22 Å². The third-order valence-electron chi connectivity index (χ3n) is 3.46. The van der Waals surface area contributed by atoms with E-state index in [1.807, 2.05) is 18.2 Å². The van der Waals surface area contributed by atoms with Crippen molar-refractivity contribution >= 4 is 34.9 Å². The van der Waals surface area contributed by atoms with E-state index < -0.39 is 5.97 Å². The van der Waals surface area contributed by atoms with Crippen LogP contribution >= 0.6 is 11.8 Å². The maximum atomic E-state index is 11.6. The first kappa shape index (κ1) is 18.4. The lowest BCUT2D eigenvalue weighted by molar-refractivity contribution is -0.131. The zero-order chi connectivity index (χ0) is 19.2. The van der Waals surface area contributed by atoms with Gasteiger partial charge < -0.3 is 19.0 Å². The maximum Gasteiger partial charge on any atom is 0.342 e. The number of ether oxygens (including phenoxy) is 2. The molecule has 0 radical (unpaired) electrons. The van der Waals surface area contributed by atoms with Crippen LogP contribution in [-0.4, -0.2) is 29.8 Å². The summed E-state index contributed by atoms with van der Waals surface area (Å²) < 4.78 is 16.1. The lowest BCUT2D eigenvalue weighted by Crippen LogP contribution is -1.98. The molecule has 0 saturated carbocycles. The third kappa shape index (κ3) is 4.40. The number of fused-ring (bicyclic) bond motifs is 1. The number of aliphatic carboxylic acids is 1. The van der Waals surface area contributed by atoms with Crippen LogP contribution in [0, 0.1) is 11.3 Å². The smallest absolute Gasteiger partial charge is 0.342 e. The van der Waals surface area contributed by atoms with Crippen LogP contribution in [0.15, 0.2) is 57.0 Å². The molecule has 3 aromatic rings. The second-order valence-corrected chi connectivity index (χ2v) is 6.21. The van der Waals surface area contributed by atoms with E-state index >= 15 is 0 Å². The Morgan fingerprint density at radius 2 is 2.15 bits per heavy atom. The van der Waals surface area contributed by atoms with Gasteiger partial charge in [-0.15, -0.1) is 0 Å². The van der Waals surface area contributed by atoms with Crippen LogP contribution in [0.25, 0.3) is 17.2 Å². The van der Waals surface area contributed by atoms with Crippen LogP contribution < -0.4 is 9.47 Å². The van der Waals surface area contributed by atoms with Gasteiger partial charge in [0.15, 0.2) is 23.7 Å². The largest absolute Gasteiger partial charge is 0.493 e. The topological polar surface area (TPSA) is 106 Å². The Morgan fingerprint density at radius 3 is 2.85 bits per heavy atom. The minimum atomic E-state index is -1.11. The molecule has 27 heavy (non-hydrogen) atoms. The van der Waals surface area contributed by atoms with Crippen molar-refractivity contribution < 1.29 is 23.8 Å². The number of nitrogens with zero attached hydrogens (tertiary/aromatic N) is 2. The Bertz CT molecular complexity index is 1020.